The van der Waals surface area contributed by atoms with Crippen molar-refractivity contribution in [3.63, 3.8) is 0 Å². The number of carbonyl (C=O) groups is 1. The fourth-order valence-corrected chi connectivity index (χ4v) is 5.40. The molecule has 8 nitrogen and oxygen atoms in total. The summed E-state index contributed by atoms with van der Waals surface area (Å²) in [6.07, 6.45) is 0.830. The molecular formula is C21H29N3O5S. The lowest BCUT2D eigenvalue weighted by Gasteiger charge is -2.22. The van der Waals surface area contributed by atoms with Crippen LogP contribution in [0, 0.1) is 27.7 Å². The standard InChI is InChI=1S/C21H29N3O5S/c1-15-7-5-8-19(16(15)2)28-14-9-20(25)23-10-6-11-24(13-12-23)30(26,27)21-17(3)22-29-18(21)4/h5,7-8H,6,9-14H2,1-4H3. The minimum Gasteiger partial charge on any atom is -0.493 e. The van der Waals surface area contributed by atoms with E-state index in [1.54, 1.807) is 18.7 Å². The number of hydrogen-bond donors (Lipinski definition) is 0. The summed E-state index contributed by atoms with van der Waals surface area (Å²) < 4.78 is 38.3. The van der Waals surface area contributed by atoms with Crippen LogP contribution in [0.3, 0.4) is 0 Å². The number of benzene rings is 1. The van der Waals surface area contributed by atoms with Crippen LogP contribution in [0.5, 0.6) is 5.75 Å². The second-order valence-corrected chi connectivity index (χ2v) is 9.46. The number of aromatic nitrogens is 1. The molecule has 1 saturated heterocycles. The van der Waals surface area contributed by atoms with Crippen molar-refractivity contribution in [1.29, 1.82) is 0 Å². The van der Waals surface area contributed by atoms with Crippen LogP contribution in [0.4, 0.5) is 0 Å². The Morgan fingerprint density at radius 1 is 1.13 bits per heavy atom. The van der Waals surface area contributed by atoms with Gasteiger partial charge in [-0.05, 0) is 51.3 Å². The van der Waals surface area contributed by atoms with E-state index in [1.807, 2.05) is 32.0 Å². The molecule has 1 fully saturated rings. The molecule has 30 heavy (non-hydrogen) atoms. The number of amides is 1. The lowest BCUT2D eigenvalue weighted by Crippen LogP contribution is -2.38. The van der Waals surface area contributed by atoms with Gasteiger partial charge in [0, 0.05) is 26.2 Å². The first-order valence-electron chi connectivity index (χ1n) is 10.1. The fourth-order valence-electron chi connectivity index (χ4n) is 3.64. The first-order valence-corrected chi connectivity index (χ1v) is 11.6. The quantitative estimate of drug-likeness (QED) is 0.692. The van der Waals surface area contributed by atoms with E-state index in [2.05, 4.69) is 5.16 Å². The van der Waals surface area contributed by atoms with E-state index in [4.69, 9.17) is 9.26 Å². The van der Waals surface area contributed by atoms with Gasteiger partial charge in [0.1, 0.15) is 16.3 Å². The summed E-state index contributed by atoms with van der Waals surface area (Å²) in [5.74, 6) is 1.04. The van der Waals surface area contributed by atoms with Gasteiger partial charge in [-0.2, -0.15) is 4.31 Å². The van der Waals surface area contributed by atoms with E-state index in [0.717, 1.165) is 16.9 Å². The van der Waals surface area contributed by atoms with Crippen LogP contribution in [-0.2, 0) is 14.8 Å². The molecule has 1 aromatic heterocycles. The highest BCUT2D eigenvalue weighted by atomic mass is 32.2. The minimum atomic E-state index is -3.70. The Labute approximate surface area is 177 Å². The van der Waals surface area contributed by atoms with Crippen molar-refractivity contribution in [2.75, 3.05) is 32.8 Å². The van der Waals surface area contributed by atoms with Crippen molar-refractivity contribution in [3.05, 3.63) is 40.8 Å². The second kappa shape index (κ2) is 9.18. The third-order valence-corrected chi connectivity index (χ3v) is 7.65. The molecule has 0 radical (unpaired) electrons. The van der Waals surface area contributed by atoms with E-state index in [-0.39, 0.29) is 29.5 Å². The van der Waals surface area contributed by atoms with Gasteiger partial charge >= 0.3 is 0 Å². The van der Waals surface area contributed by atoms with Crippen molar-refractivity contribution in [2.45, 2.75) is 45.4 Å². The van der Waals surface area contributed by atoms with E-state index in [1.165, 1.54) is 4.31 Å². The maximum atomic E-state index is 13.0. The minimum absolute atomic E-state index is 0.0307. The number of sulfonamides is 1. The molecule has 0 N–H and O–H groups in total. The van der Waals surface area contributed by atoms with Gasteiger partial charge in [0.05, 0.1) is 13.0 Å². The highest BCUT2D eigenvalue weighted by Gasteiger charge is 2.32. The van der Waals surface area contributed by atoms with Crippen LogP contribution >= 0.6 is 0 Å². The van der Waals surface area contributed by atoms with Gasteiger partial charge in [0.25, 0.3) is 0 Å². The zero-order valence-electron chi connectivity index (χ0n) is 18.0. The smallest absolute Gasteiger partial charge is 0.248 e. The monoisotopic (exact) mass is 435 g/mol. The molecule has 1 aliphatic rings. The molecule has 1 amide bonds. The van der Waals surface area contributed by atoms with Crippen molar-refractivity contribution >= 4 is 15.9 Å². The zero-order valence-corrected chi connectivity index (χ0v) is 18.8. The summed E-state index contributed by atoms with van der Waals surface area (Å²) in [4.78, 5) is 14.5. The normalized spacial score (nSPS) is 15.8. The van der Waals surface area contributed by atoms with Gasteiger partial charge < -0.3 is 14.2 Å². The van der Waals surface area contributed by atoms with Crippen LogP contribution in [0.1, 0.15) is 35.4 Å². The molecule has 0 bridgehead atoms. The van der Waals surface area contributed by atoms with E-state index in [0.29, 0.717) is 38.4 Å². The lowest BCUT2D eigenvalue weighted by atomic mass is 10.1. The molecule has 164 valence electrons. The molecule has 0 saturated carbocycles. The lowest BCUT2D eigenvalue weighted by molar-refractivity contribution is -0.131. The van der Waals surface area contributed by atoms with Gasteiger partial charge in [0.2, 0.25) is 15.9 Å². The van der Waals surface area contributed by atoms with Crippen molar-refractivity contribution < 1.29 is 22.5 Å². The van der Waals surface area contributed by atoms with Gasteiger partial charge in [-0.15, -0.1) is 0 Å². The Balaban J connectivity index is 1.57. The molecule has 2 aromatic rings. The summed E-state index contributed by atoms with van der Waals surface area (Å²) in [5, 5.41) is 3.75. The maximum absolute atomic E-state index is 13.0. The summed E-state index contributed by atoms with van der Waals surface area (Å²) in [6, 6.07) is 5.85. The average molecular weight is 436 g/mol. The summed E-state index contributed by atoms with van der Waals surface area (Å²) in [6.45, 7) is 9.00. The Morgan fingerprint density at radius 2 is 1.90 bits per heavy atom. The van der Waals surface area contributed by atoms with Gasteiger partial charge in [-0.3, -0.25) is 4.79 Å². The molecular weight excluding hydrogens is 406 g/mol. The van der Waals surface area contributed by atoms with Crippen molar-refractivity contribution in [3.8, 4) is 5.75 Å². The van der Waals surface area contributed by atoms with E-state index in [9.17, 15) is 13.2 Å². The number of ether oxygens (including phenoxy) is 1. The maximum Gasteiger partial charge on any atom is 0.248 e. The molecule has 2 heterocycles. The van der Waals surface area contributed by atoms with Gasteiger partial charge in [-0.25, -0.2) is 8.42 Å². The third-order valence-electron chi connectivity index (χ3n) is 5.50. The highest BCUT2D eigenvalue weighted by molar-refractivity contribution is 7.89. The molecule has 0 aliphatic carbocycles. The van der Waals surface area contributed by atoms with Crippen LogP contribution in [-0.4, -0.2) is 61.5 Å². The SMILES string of the molecule is Cc1cccc(OCCC(=O)N2CCCN(S(=O)(=O)c3c(C)noc3C)CC2)c1C. The van der Waals surface area contributed by atoms with Crippen molar-refractivity contribution in [2.24, 2.45) is 0 Å². The summed E-state index contributed by atoms with van der Waals surface area (Å²) >= 11 is 0. The van der Waals surface area contributed by atoms with E-state index >= 15 is 0 Å². The molecule has 0 unspecified atom stereocenters. The third kappa shape index (κ3) is 4.67. The Bertz CT molecular complexity index is 996. The predicted octanol–water partition coefficient (Wildman–Crippen LogP) is 2.60. The van der Waals surface area contributed by atoms with Crippen LogP contribution in [0.25, 0.3) is 0 Å². The molecule has 0 atom stereocenters. The first-order chi connectivity index (χ1) is 14.2. The van der Waals surface area contributed by atoms with Crippen LogP contribution < -0.4 is 4.74 Å². The van der Waals surface area contributed by atoms with Crippen LogP contribution in [0.2, 0.25) is 0 Å². The zero-order chi connectivity index (χ0) is 21.9. The molecule has 1 aliphatic heterocycles. The van der Waals surface area contributed by atoms with Crippen LogP contribution in [0.15, 0.2) is 27.6 Å². The number of aryl methyl sites for hydroxylation is 3. The first kappa shape index (κ1) is 22.3. The Hall–Kier alpha value is -2.39. The number of nitrogens with zero attached hydrogens (tertiary/aromatic N) is 3. The van der Waals surface area contributed by atoms with E-state index < -0.39 is 10.0 Å². The number of hydrogen-bond acceptors (Lipinski definition) is 6. The molecule has 0 spiro atoms. The Morgan fingerprint density at radius 3 is 2.60 bits per heavy atom. The molecule has 3 rings (SSSR count). The number of carbonyl (C=O) groups excluding carboxylic acids is 1. The highest BCUT2D eigenvalue weighted by Crippen LogP contribution is 2.24. The van der Waals surface area contributed by atoms with Gasteiger partial charge in [0.15, 0.2) is 5.76 Å². The largest absolute Gasteiger partial charge is 0.493 e. The Kier molecular flexibility index (Phi) is 6.82. The predicted molar refractivity (Wildman–Crippen MR) is 112 cm³/mol. The average Bonchev–Trinajstić information content (AvgIpc) is 2.90. The number of rotatable bonds is 6. The second-order valence-electron chi connectivity index (χ2n) is 7.59. The summed E-state index contributed by atoms with van der Waals surface area (Å²) in [5.41, 5.74) is 2.57. The molecule has 1 aromatic carbocycles. The topological polar surface area (TPSA) is 93.0 Å². The molecule has 9 heteroatoms. The fraction of sp³-hybridized carbons (Fsp3) is 0.524. The summed E-state index contributed by atoms with van der Waals surface area (Å²) in [7, 11) is -3.70. The van der Waals surface area contributed by atoms with Gasteiger partial charge in [-0.1, -0.05) is 17.3 Å². The van der Waals surface area contributed by atoms with Crippen molar-refractivity contribution in [1.82, 2.24) is 14.4 Å².